The average Bonchev–Trinajstić information content (AvgIpc) is 2.64. The van der Waals surface area contributed by atoms with Crippen LogP contribution < -0.4 is 15.8 Å². The van der Waals surface area contributed by atoms with E-state index in [4.69, 9.17) is 22.1 Å². The van der Waals surface area contributed by atoms with Gasteiger partial charge in [-0.15, -0.1) is 0 Å². The van der Waals surface area contributed by atoms with Gasteiger partial charge in [0.1, 0.15) is 11.8 Å². The molecule has 0 aromatic heterocycles. The van der Waals surface area contributed by atoms with Crippen LogP contribution in [0.5, 0.6) is 5.75 Å². The van der Waals surface area contributed by atoms with E-state index < -0.39 is 24.0 Å². The second-order valence-electron chi connectivity index (χ2n) is 6.67. The highest BCUT2D eigenvalue weighted by atomic mass is 35.5. The van der Waals surface area contributed by atoms with Crippen molar-refractivity contribution in [2.45, 2.75) is 59.1 Å². The summed E-state index contributed by atoms with van der Waals surface area (Å²) in [6.45, 7) is 8.03. The zero-order chi connectivity index (χ0) is 21.3. The molecule has 0 unspecified atom stereocenters. The monoisotopic (exact) mass is 411 g/mol. The number of ether oxygens (including phenoxy) is 1. The number of benzene rings is 1. The minimum atomic E-state index is -1.03. The molecule has 0 aliphatic heterocycles. The van der Waals surface area contributed by atoms with Gasteiger partial charge < -0.3 is 20.7 Å². The second kappa shape index (κ2) is 11.5. The molecule has 2 atom stereocenters. The molecule has 0 fully saturated rings. The Hall–Kier alpha value is -2.28. The minimum absolute atomic E-state index is 0.173. The van der Waals surface area contributed by atoms with E-state index in [1.165, 1.54) is 4.90 Å². The Morgan fingerprint density at radius 2 is 1.93 bits per heavy atom. The smallest absolute Gasteiger partial charge is 0.264 e. The number of halogens is 1. The molecule has 0 aliphatic carbocycles. The maximum atomic E-state index is 13.0. The first-order chi connectivity index (χ1) is 13.2. The number of aryl methyl sites for hydroxylation is 1. The summed E-state index contributed by atoms with van der Waals surface area (Å²) in [5.41, 5.74) is 6.30. The fraction of sp³-hybridized carbons (Fsp3) is 0.550. The number of nitrogens with two attached hydrogens (primary N) is 1. The first-order valence-electron chi connectivity index (χ1n) is 9.50. The van der Waals surface area contributed by atoms with Crippen LogP contribution in [0.4, 0.5) is 0 Å². The molecule has 156 valence electrons. The van der Waals surface area contributed by atoms with Crippen molar-refractivity contribution in [3.63, 3.8) is 0 Å². The van der Waals surface area contributed by atoms with Gasteiger partial charge in [0, 0.05) is 18.1 Å². The lowest BCUT2D eigenvalue weighted by atomic mass is 10.1. The molecular formula is C20H30ClN3O4. The van der Waals surface area contributed by atoms with Crippen molar-refractivity contribution in [3.05, 3.63) is 28.8 Å². The first kappa shape index (κ1) is 23.8. The lowest BCUT2D eigenvalue weighted by molar-refractivity contribution is -0.146. The van der Waals surface area contributed by atoms with Gasteiger partial charge in [0.2, 0.25) is 11.8 Å². The van der Waals surface area contributed by atoms with Crippen molar-refractivity contribution in [2.24, 2.45) is 5.73 Å². The zero-order valence-corrected chi connectivity index (χ0v) is 17.7. The molecule has 0 spiro atoms. The van der Waals surface area contributed by atoms with E-state index in [1.54, 1.807) is 25.1 Å². The number of nitrogens with one attached hydrogen (secondary N) is 1. The van der Waals surface area contributed by atoms with E-state index in [9.17, 15) is 14.4 Å². The summed E-state index contributed by atoms with van der Waals surface area (Å²) in [5, 5.41) is 3.28. The van der Waals surface area contributed by atoms with Gasteiger partial charge >= 0.3 is 0 Å². The van der Waals surface area contributed by atoms with Gasteiger partial charge in [-0.25, -0.2) is 0 Å². The third-order valence-corrected chi connectivity index (χ3v) is 4.43. The normalized spacial score (nSPS) is 12.8. The summed E-state index contributed by atoms with van der Waals surface area (Å²) in [6.07, 6.45) is 0.356. The molecule has 8 heteroatoms. The Morgan fingerprint density at radius 1 is 1.25 bits per heavy atom. The van der Waals surface area contributed by atoms with Gasteiger partial charge in [0.05, 0.1) is 6.42 Å². The molecule has 1 rings (SSSR count). The summed E-state index contributed by atoms with van der Waals surface area (Å²) in [6, 6.07) is 4.08. The van der Waals surface area contributed by atoms with Crippen LogP contribution in [0.3, 0.4) is 0 Å². The topological polar surface area (TPSA) is 102 Å². The van der Waals surface area contributed by atoms with Crippen molar-refractivity contribution in [2.75, 3.05) is 13.1 Å². The molecule has 0 bridgehead atoms. The maximum absolute atomic E-state index is 13.0. The summed E-state index contributed by atoms with van der Waals surface area (Å²) in [4.78, 5) is 38.4. The van der Waals surface area contributed by atoms with E-state index in [-0.39, 0.29) is 12.3 Å². The van der Waals surface area contributed by atoms with Crippen molar-refractivity contribution < 1.29 is 19.1 Å². The summed E-state index contributed by atoms with van der Waals surface area (Å²) >= 11 is 5.95. The van der Waals surface area contributed by atoms with Gasteiger partial charge in [-0.05, 0) is 50.5 Å². The Kier molecular flexibility index (Phi) is 9.79. The standard InChI is InChI=1S/C20H30ClN3O4/c1-5-9-23-18(25)12-16(19(22)26)24(10-6-2)20(27)14(4)28-17-8-7-15(21)11-13(17)3/h7-8,11,14,16H,5-6,9-10,12H2,1-4H3,(H2,22,26)(H,23,25)/t14-,16-/m0/s1. The van der Waals surface area contributed by atoms with Gasteiger partial charge in [0.25, 0.3) is 5.91 Å². The maximum Gasteiger partial charge on any atom is 0.264 e. The van der Waals surface area contributed by atoms with Crippen LogP contribution in [0.25, 0.3) is 0 Å². The highest BCUT2D eigenvalue weighted by molar-refractivity contribution is 6.30. The predicted molar refractivity (Wildman–Crippen MR) is 109 cm³/mol. The van der Waals surface area contributed by atoms with Crippen LogP contribution >= 0.6 is 11.6 Å². The summed E-state index contributed by atoms with van der Waals surface area (Å²) in [7, 11) is 0. The van der Waals surface area contributed by atoms with Crippen LogP contribution in [-0.2, 0) is 14.4 Å². The molecule has 0 aliphatic rings. The Labute approximate surface area is 171 Å². The van der Waals surface area contributed by atoms with Crippen LogP contribution in [0.2, 0.25) is 5.02 Å². The lowest BCUT2D eigenvalue weighted by Gasteiger charge is -2.31. The van der Waals surface area contributed by atoms with Gasteiger partial charge in [-0.3, -0.25) is 14.4 Å². The van der Waals surface area contributed by atoms with Gasteiger partial charge in [0.15, 0.2) is 6.10 Å². The van der Waals surface area contributed by atoms with Crippen molar-refractivity contribution >= 4 is 29.3 Å². The SMILES string of the molecule is CCCNC(=O)C[C@@H](C(N)=O)N(CCC)C(=O)[C@H](C)Oc1ccc(Cl)cc1C. The van der Waals surface area contributed by atoms with Crippen molar-refractivity contribution in [1.29, 1.82) is 0 Å². The molecular weight excluding hydrogens is 382 g/mol. The van der Waals surface area contributed by atoms with Gasteiger partial charge in [-0.2, -0.15) is 0 Å². The van der Waals surface area contributed by atoms with Crippen LogP contribution in [-0.4, -0.2) is 47.9 Å². The number of hydrogen-bond acceptors (Lipinski definition) is 4. The Morgan fingerprint density at radius 3 is 2.46 bits per heavy atom. The van der Waals surface area contributed by atoms with Crippen LogP contribution in [0, 0.1) is 6.92 Å². The zero-order valence-electron chi connectivity index (χ0n) is 17.0. The van der Waals surface area contributed by atoms with E-state index >= 15 is 0 Å². The number of amides is 3. The molecule has 0 heterocycles. The molecule has 3 N–H and O–H groups in total. The second-order valence-corrected chi connectivity index (χ2v) is 7.11. The molecule has 0 radical (unpaired) electrons. The molecule has 1 aromatic rings. The number of rotatable bonds is 11. The highest BCUT2D eigenvalue weighted by Gasteiger charge is 2.33. The fourth-order valence-electron chi connectivity index (χ4n) is 2.76. The van der Waals surface area contributed by atoms with E-state index in [2.05, 4.69) is 5.32 Å². The minimum Gasteiger partial charge on any atom is -0.481 e. The molecule has 0 saturated carbocycles. The molecule has 0 saturated heterocycles. The molecule has 1 aromatic carbocycles. The number of carbonyl (C=O) groups excluding carboxylic acids is 3. The Balaban J connectivity index is 2.96. The van der Waals surface area contributed by atoms with Crippen molar-refractivity contribution in [3.8, 4) is 5.75 Å². The van der Waals surface area contributed by atoms with Crippen molar-refractivity contribution in [1.82, 2.24) is 10.2 Å². The van der Waals surface area contributed by atoms with Crippen LogP contribution in [0.1, 0.15) is 45.6 Å². The first-order valence-corrected chi connectivity index (χ1v) is 9.88. The third-order valence-electron chi connectivity index (χ3n) is 4.19. The predicted octanol–water partition coefficient (Wildman–Crippen LogP) is 2.42. The van der Waals surface area contributed by atoms with E-state index in [1.807, 2.05) is 20.8 Å². The number of carbonyl (C=O) groups is 3. The number of hydrogen-bond donors (Lipinski definition) is 2. The highest BCUT2D eigenvalue weighted by Crippen LogP contribution is 2.23. The number of primary amides is 1. The average molecular weight is 412 g/mol. The fourth-order valence-corrected chi connectivity index (χ4v) is 2.98. The molecule has 3 amide bonds. The third kappa shape index (κ3) is 7.03. The van der Waals surface area contributed by atoms with Gasteiger partial charge in [-0.1, -0.05) is 25.4 Å². The lowest BCUT2D eigenvalue weighted by Crippen LogP contribution is -2.53. The number of nitrogens with zero attached hydrogens (tertiary/aromatic N) is 1. The molecule has 28 heavy (non-hydrogen) atoms. The van der Waals surface area contributed by atoms with E-state index in [0.717, 1.165) is 12.0 Å². The quantitative estimate of drug-likeness (QED) is 0.583. The van der Waals surface area contributed by atoms with E-state index in [0.29, 0.717) is 30.3 Å². The largest absolute Gasteiger partial charge is 0.481 e. The Bertz CT molecular complexity index is 696. The van der Waals surface area contributed by atoms with Crippen LogP contribution in [0.15, 0.2) is 18.2 Å². The summed E-state index contributed by atoms with van der Waals surface area (Å²) in [5.74, 6) is -0.911. The summed E-state index contributed by atoms with van der Waals surface area (Å²) < 4.78 is 5.79. The molecule has 7 nitrogen and oxygen atoms in total.